The zero-order chi connectivity index (χ0) is 89.5. The van der Waals surface area contributed by atoms with Crippen molar-refractivity contribution in [2.75, 3.05) is 13.2 Å². The van der Waals surface area contributed by atoms with Crippen molar-refractivity contribution in [1.29, 1.82) is 0 Å². The van der Waals surface area contributed by atoms with E-state index in [2.05, 4.69) is 211 Å². The number of aromatic nitrogens is 1. The third kappa shape index (κ3) is 24.7. The predicted octanol–water partition coefficient (Wildman–Crippen LogP) is 24.1. The number of fused-ring (bicyclic) bond motifs is 5. The van der Waals surface area contributed by atoms with E-state index in [1.807, 2.05) is 36.4 Å². The van der Waals surface area contributed by atoms with Gasteiger partial charge in [-0.05, 0) is 249 Å². The number of carbonyl (C=O) groups excluding carboxylic acids is 3. The molecule has 3 unspecified atom stereocenters. The Balaban J connectivity index is 0.000000144. The molecule has 0 amide bonds. The van der Waals surface area contributed by atoms with Gasteiger partial charge in [0.05, 0.1) is 31.1 Å². The lowest BCUT2D eigenvalue weighted by atomic mass is 9.84. The minimum absolute atomic E-state index is 0.00734. The van der Waals surface area contributed by atoms with Gasteiger partial charge >= 0.3 is 17.9 Å². The molecule has 0 saturated heterocycles. The first kappa shape index (κ1) is 93.0. The van der Waals surface area contributed by atoms with Crippen molar-refractivity contribution in [2.24, 2.45) is 0 Å². The Bertz CT molecular complexity index is 6340. The van der Waals surface area contributed by atoms with Crippen LogP contribution in [0.2, 0.25) is 0 Å². The van der Waals surface area contributed by atoms with Crippen LogP contribution in [-0.4, -0.2) is 75.0 Å². The average Bonchev–Trinajstić information content (AvgIpc) is 1.59. The van der Waals surface area contributed by atoms with E-state index in [1.165, 1.54) is 161 Å². The maximum absolute atomic E-state index is 12.2. The third-order valence-electron chi connectivity index (χ3n) is 21.9. The summed E-state index contributed by atoms with van der Waals surface area (Å²) in [6.07, 6.45) is 11.4. The van der Waals surface area contributed by atoms with Crippen LogP contribution in [-0.2, 0) is 50.8 Å². The van der Waals surface area contributed by atoms with Crippen LogP contribution in [0.4, 0.5) is 0 Å². The number of esters is 3. The minimum atomic E-state index is -4.69. The van der Waals surface area contributed by atoms with Crippen LogP contribution in [0.3, 0.4) is 0 Å². The van der Waals surface area contributed by atoms with E-state index in [0.717, 1.165) is 48.9 Å². The molecule has 1 fully saturated rings. The van der Waals surface area contributed by atoms with Crippen molar-refractivity contribution in [1.82, 2.24) is 4.98 Å². The largest absolute Gasteiger partial charge is 0.744 e. The molecule has 126 heavy (non-hydrogen) atoms. The van der Waals surface area contributed by atoms with Crippen LogP contribution in [0.25, 0.3) is 46.7 Å². The zero-order valence-corrected chi connectivity index (χ0v) is 75.0. The standard InChI is InChI=1S/C24H25S.C22H22O6S.C21H21NO6S.C19H15S.C17H18O5S/c1-4-10-20(11-5-1)21-16-18-24(19-17-21)25(22-12-6-2-7-13-22)23-14-8-3-9-15-23;1-3-15(2)16-10-12-17(13-11-16)27-14-22(23)28-20-8-4-7-19-18(20)6-5-9-21(19)29(24,25)26;1-3-14(2)15-6-8-16(9-7-15)27-13-20(23)28-18-10-11-19(29(24,25)26)17-5-4-12-22-21(17)18;1-14-10-12-15(13-11-14)20-18-8-4-2-6-16(18)17-7-3-5-9-19(17)20;1-3-12(2)13-7-9-15(10-8-13)22-17(18)14-5-4-6-16(11-14)23(19,20)21/h2-3,6-9,12-20H,1,4-5,10-11H2;4-13,15H,3,14H2,1-2H3,(H,24,25,26);4-12,14H,3,13H2,1-2H3,(H,24,25,26);2-13H,1H3;4-12H,3H2,1-2H3,(H,19,20,21)/q+1;;;+1;/p-3. The summed E-state index contributed by atoms with van der Waals surface area (Å²) in [5.41, 5.74) is 6.50. The van der Waals surface area contributed by atoms with Crippen molar-refractivity contribution in [3.8, 4) is 33.6 Å². The van der Waals surface area contributed by atoms with Gasteiger partial charge < -0.3 is 37.3 Å². The van der Waals surface area contributed by atoms with E-state index in [4.69, 9.17) is 23.7 Å². The average molecular weight is 1780 g/mol. The summed E-state index contributed by atoms with van der Waals surface area (Å²) in [6.45, 7) is 14.2. The maximum Gasteiger partial charge on any atom is 0.349 e. The number of thiophene rings is 1. The highest BCUT2D eigenvalue weighted by molar-refractivity contribution is 7.97. The molecule has 1 saturated carbocycles. The van der Waals surface area contributed by atoms with E-state index >= 15 is 0 Å². The molecule has 18 nitrogen and oxygen atoms in total. The molecule has 0 radical (unpaired) electrons. The first-order chi connectivity index (χ1) is 60.6. The number of nitrogens with zero attached hydrogens (tertiary/aromatic N) is 1. The molecule has 0 aliphatic heterocycles. The first-order valence-corrected chi connectivity index (χ1v) is 48.3. The van der Waals surface area contributed by atoms with Crippen molar-refractivity contribution in [3.05, 3.63) is 355 Å². The maximum atomic E-state index is 12.2. The number of pyridine rings is 1. The summed E-state index contributed by atoms with van der Waals surface area (Å²) in [6, 6.07) is 99.0. The van der Waals surface area contributed by atoms with E-state index in [-0.39, 0.29) is 72.8 Å². The Kier molecular flexibility index (Phi) is 32.2. The topological polar surface area (TPSA) is 282 Å². The van der Waals surface area contributed by atoms with Gasteiger partial charge in [0.1, 0.15) is 58.9 Å². The molecule has 2 heterocycles. The van der Waals surface area contributed by atoms with Gasteiger partial charge in [-0.15, -0.1) is 0 Å². The van der Waals surface area contributed by atoms with Crippen molar-refractivity contribution in [2.45, 2.75) is 153 Å². The molecule has 1 aliphatic rings. The SMILES string of the molecule is CCC(C)c1ccc(OC(=O)c2cccc(S(=O)(=O)[O-])c2)cc1.CCC(C)c1ccc(OCC(=O)Oc2ccc(S(=O)(=O)[O-])c3cccnc23)cc1.CCC(C)c1ccc(OCC(=O)Oc2cccc3c(S(=O)(=O)[O-])cccc23)cc1.Cc1ccc(-[s+]2c3ccccc3c3ccccc32)cc1.c1ccc([S+](c2ccccc2)c2ccc(C3CCCCC3)cc2)cc1. The highest BCUT2D eigenvalue weighted by Crippen LogP contribution is 2.48. The molecular formula is C103H98NO17S5-. The number of carbonyl (C=O) groups is 3. The fraction of sp³-hybridized carbons (Fsp3) is 0.204. The van der Waals surface area contributed by atoms with Gasteiger partial charge in [-0.1, -0.05) is 218 Å². The van der Waals surface area contributed by atoms with Crippen LogP contribution in [0.5, 0.6) is 28.7 Å². The number of benzene rings is 13. The number of hydrogen-bond donors (Lipinski definition) is 0. The highest BCUT2D eigenvalue weighted by Gasteiger charge is 2.30. The van der Waals surface area contributed by atoms with Crippen LogP contribution >= 0.6 is 10.5 Å². The van der Waals surface area contributed by atoms with E-state index < -0.39 is 58.1 Å². The second kappa shape index (κ2) is 43.6. The molecule has 23 heteroatoms. The molecule has 1 aliphatic carbocycles. The van der Waals surface area contributed by atoms with Crippen LogP contribution < -0.4 is 23.7 Å². The molecule has 13 aromatic carbocycles. The van der Waals surface area contributed by atoms with Gasteiger partial charge in [0.2, 0.25) is 0 Å². The van der Waals surface area contributed by atoms with E-state index in [0.29, 0.717) is 40.4 Å². The van der Waals surface area contributed by atoms with Crippen LogP contribution in [0.15, 0.2) is 351 Å². The Morgan fingerprint density at radius 1 is 0.413 bits per heavy atom. The van der Waals surface area contributed by atoms with Gasteiger partial charge in [-0.3, -0.25) is 4.98 Å². The van der Waals surface area contributed by atoms with Gasteiger partial charge in [0.15, 0.2) is 47.9 Å². The van der Waals surface area contributed by atoms with Crippen LogP contribution in [0, 0.1) is 6.92 Å². The van der Waals surface area contributed by atoms with Crippen molar-refractivity contribution >= 4 is 111 Å². The van der Waals surface area contributed by atoms with Gasteiger partial charge in [-0.2, -0.15) is 0 Å². The summed E-state index contributed by atoms with van der Waals surface area (Å²) in [7, 11) is -13.9. The van der Waals surface area contributed by atoms with Crippen molar-refractivity contribution < 1.29 is 77.0 Å². The Morgan fingerprint density at radius 3 is 1.37 bits per heavy atom. The fourth-order valence-corrected chi connectivity index (χ4v) is 20.8. The molecule has 0 N–H and O–H groups in total. The second-order valence-corrected chi connectivity index (χ2v) is 38.5. The quantitative estimate of drug-likeness (QED) is 0.0235. The lowest BCUT2D eigenvalue weighted by Gasteiger charge is -2.22. The second-order valence-electron chi connectivity index (χ2n) is 30.5. The lowest BCUT2D eigenvalue weighted by molar-refractivity contribution is -0.137. The number of ether oxygens (including phenoxy) is 5. The molecule has 0 spiro atoms. The lowest BCUT2D eigenvalue weighted by Crippen LogP contribution is -2.18. The van der Waals surface area contributed by atoms with E-state index in [9.17, 15) is 53.3 Å². The summed E-state index contributed by atoms with van der Waals surface area (Å²) in [5.74, 6) is 1.69. The summed E-state index contributed by atoms with van der Waals surface area (Å²) < 4.78 is 131. The van der Waals surface area contributed by atoms with Gasteiger partial charge in [-0.25, -0.2) is 39.6 Å². The highest BCUT2D eigenvalue weighted by atomic mass is 32.2. The summed E-state index contributed by atoms with van der Waals surface area (Å²) in [5, 5.41) is 3.44. The summed E-state index contributed by atoms with van der Waals surface area (Å²) in [4.78, 5) is 44.8. The number of hydrogen-bond acceptors (Lipinski definition) is 18. The fourth-order valence-electron chi connectivity index (χ4n) is 14.5. The molecule has 16 rings (SSSR count). The normalized spacial score (nSPS) is 12.9. The third-order valence-corrected chi connectivity index (χ3v) is 29.1. The molecule has 2 aromatic heterocycles. The number of aryl methyl sites for hydroxylation is 1. The molecule has 0 bridgehead atoms. The number of rotatable bonds is 24. The Morgan fingerprint density at radius 2 is 0.857 bits per heavy atom. The van der Waals surface area contributed by atoms with Crippen LogP contribution in [0.1, 0.15) is 155 Å². The van der Waals surface area contributed by atoms with Gasteiger partial charge in [0.25, 0.3) is 0 Å². The van der Waals surface area contributed by atoms with E-state index in [1.54, 1.807) is 42.5 Å². The van der Waals surface area contributed by atoms with Gasteiger partial charge in [0, 0.05) is 43.6 Å². The summed E-state index contributed by atoms with van der Waals surface area (Å²) >= 11 is 0. The smallest absolute Gasteiger partial charge is 0.349 e. The first-order valence-electron chi connectivity index (χ1n) is 41.7. The molecule has 15 aromatic rings. The Labute approximate surface area is 742 Å². The Hall–Kier alpha value is -12.2. The minimum Gasteiger partial charge on any atom is -0.744 e. The monoisotopic (exact) mass is 1780 g/mol. The molecular weight excluding hydrogens is 1680 g/mol. The zero-order valence-electron chi connectivity index (χ0n) is 70.9. The predicted molar refractivity (Wildman–Crippen MR) is 496 cm³/mol. The molecule has 648 valence electrons. The molecule has 3 atom stereocenters. The van der Waals surface area contributed by atoms with Crippen molar-refractivity contribution in [3.63, 3.8) is 0 Å².